The van der Waals surface area contributed by atoms with Gasteiger partial charge in [0.15, 0.2) is 5.78 Å². The number of carbonyl (C=O) groups is 2. The van der Waals surface area contributed by atoms with E-state index >= 15 is 0 Å². The molecule has 96 valence electrons. The van der Waals surface area contributed by atoms with Crippen LogP contribution in [0, 0.1) is 6.92 Å². The van der Waals surface area contributed by atoms with Crippen LogP contribution in [0.5, 0.6) is 0 Å². The largest absolute Gasteiger partial charge is 0.478 e. The molecule has 0 aliphatic carbocycles. The molecule has 2 rings (SSSR count). The summed E-state index contributed by atoms with van der Waals surface area (Å²) in [5.41, 5.74) is 1.38. The fourth-order valence-corrected chi connectivity index (χ4v) is 2.26. The number of hydrogen-bond donors (Lipinski definition) is 1. The minimum Gasteiger partial charge on any atom is -0.478 e. The normalized spacial score (nSPS) is 15.8. The van der Waals surface area contributed by atoms with Crippen LogP contribution in [-0.4, -0.2) is 41.4 Å². The monoisotopic (exact) mass is 247 g/mol. The number of Topliss-reactive ketones (excluding diaryl/α,β-unsaturated/α-hetero) is 1. The Morgan fingerprint density at radius 1 is 1.28 bits per heavy atom. The number of benzene rings is 1. The van der Waals surface area contributed by atoms with Crippen LogP contribution in [-0.2, 0) is 0 Å². The van der Waals surface area contributed by atoms with Crippen LogP contribution in [0.3, 0.4) is 0 Å². The summed E-state index contributed by atoms with van der Waals surface area (Å²) in [5.74, 6) is -0.984. The lowest BCUT2D eigenvalue weighted by Gasteiger charge is -2.13. The summed E-state index contributed by atoms with van der Waals surface area (Å²) < 4.78 is 0. The Morgan fingerprint density at radius 3 is 2.56 bits per heavy atom. The average molecular weight is 247 g/mol. The Labute approximate surface area is 106 Å². The molecule has 4 nitrogen and oxygen atoms in total. The van der Waals surface area contributed by atoms with Crippen LogP contribution >= 0.6 is 0 Å². The first-order valence-corrected chi connectivity index (χ1v) is 6.17. The summed E-state index contributed by atoms with van der Waals surface area (Å²) in [6.07, 6.45) is 2.28. The quantitative estimate of drug-likeness (QED) is 0.826. The highest BCUT2D eigenvalue weighted by atomic mass is 16.4. The lowest BCUT2D eigenvalue weighted by atomic mass is 10.0. The zero-order valence-electron chi connectivity index (χ0n) is 10.5. The second kappa shape index (κ2) is 5.31. The maximum absolute atomic E-state index is 12.1. The van der Waals surface area contributed by atoms with E-state index in [2.05, 4.69) is 4.90 Å². The molecule has 0 bridgehead atoms. The van der Waals surface area contributed by atoms with E-state index in [0.29, 0.717) is 17.7 Å². The van der Waals surface area contributed by atoms with E-state index in [4.69, 9.17) is 5.11 Å². The number of aryl methyl sites for hydroxylation is 1. The number of nitrogens with zero attached hydrogens (tertiary/aromatic N) is 1. The van der Waals surface area contributed by atoms with Gasteiger partial charge >= 0.3 is 5.97 Å². The molecule has 1 saturated heterocycles. The van der Waals surface area contributed by atoms with Crippen LogP contribution in [0.2, 0.25) is 0 Å². The highest BCUT2D eigenvalue weighted by Gasteiger charge is 2.17. The second-order valence-corrected chi connectivity index (χ2v) is 4.74. The predicted molar refractivity (Wildman–Crippen MR) is 68.1 cm³/mol. The number of likely N-dealkylation sites (tertiary alicyclic amines) is 1. The summed E-state index contributed by atoms with van der Waals surface area (Å²) in [4.78, 5) is 25.2. The molecule has 1 fully saturated rings. The Bertz CT molecular complexity index is 476. The summed E-state index contributed by atoms with van der Waals surface area (Å²) in [5, 5.41) is 9.03. The van der Waals surface area contributed by atoms with Crippen molar-refractivity contribution in [3.63, 3.8) is 0 Å². The van der Waals surface area contributed by atoms with E-state index in [0.717, 1.165) is 25.9 Å². The molecule has 1 aliphatic rings. The minimum absolute atomic E-state index is 0.000556. The Balaban J connectivity index is 2.14. The first kappa shape index (κ1) is 12.8. The highest BCUT2D eigenvalue weighted by molar-refractivity contribution is 6.00. The molecule has 1 aromatic rings. The molecule has 18 heavy (non-hydrogen) atoms. The van der Waals surface area contributed by atoms with Gasteiger partial charge in [0.05, 0.1) is 12.1 Å². The van der Waals surface area contributed by atoms with Gasteiger partial charge in [-0.25, -0.2) is 4.79 Å². The van der Waals surface area contributed by atoms with Gasteiger partial charge < -0.3 is 5.11 Å². The predicted octanol–water partition coefficient (Wildman–Crippen LogP) is 1.97. The molecule has 1 heterocycles. The first-order valence-electron chi connectivity index (χ1n) is 6.17. The van der Waals surface area contributed by atoms with E-state index in [1.54, 1.807) is 19.1 Å². The van der Waals surface area contributed by atoms with Gasteiger partial charge in [0.1, 0.15) is 0 Å². The van der Waals surface area contributed by atoms with Crippen molar-refractivity contribution < 1.29 is 14.7 Å². The molecule has 0 spiro atoms. The van der Waals surface area contributed by atoms with Crippen molar-refractivity contribution in [1.29, 1.82) is 0 Å². The van der Waals surface area contributed by atoms with E-state index in [1.807, 2.05) is 0 Å². The standard InChI is InChI=1S/C14H17NO3/c1-10-4-5-11(8-12(10)14(17)18)13(16)9-15-6-2-3-7-15/h4-5,8H,2-3,6-7,9H2,1H3,(H,17,18). The highest BCUT2D eigenvalue weighted by Crippen LogP contribution is 2.14. The third kappa shape index (κ3) is 2.76. The summed E-state index contributed by atoms with van der Waals surface area (Å²) in [7, 11) is 0. The van der Waals surface area contributed by atoms with Crippen LogP contribution in [0.15, 0.2) is 18.2 Å². The molecule has 0 saturated carbocycles. The van der Waals surface area contributed by atoms with Crippen LogP contribution in [0.4, 0.5) is 0 Å². The summed E-state index contributed by atoms with van der Waals surface area (Å²) >= 11 is 0. The van der Waals surface area contributed by atoms with Crippen molar-refractivity contribution in [1.82, 2.24) is 4.90 Å². The van der Waals surface area contributed by atoms with Gasteiger partial charge in [-0.15, -0.1) is 0 Å². The second-order valence-electron chi connectivity index (χ2n) is 4.74. The van der Waals surface area contributed by atoms with E-state index in [1.165, 1.54) is 6.07 Å². The van der Waals surface area contributed by atoms with E-state index in [-0.39, 0.29) is 11.3 Å². The molecule has 0 amide bonds. The molecule has 0 radical (unpaired) electrons. The smallest absolute Gasteiger partial charge is 0.335 e. The average Bonchev–Trinajstić information content (AvgIpc) is 2.81. The molecular weight excluding hydrogens is 230 g/mol. The van der Waals surface area contributed by atoms with Crippen molar-refractivity contribution in [3.05, 3.63) is 34.9 Å². The zero-order valence-corrected chi connectivity index (χ0v) is 10.5. The first-order chi connectivity index (χ1) is 8.58. The van der Waals surface area contributed by atoms with Gasteiger partial charge in [-0.3, -0.25) is 9.69 Å². The van der Waals surface area contributed by atoms with Gasteiger partial charge in [-0.1, -0.05) is 12.1 Å². The Morgan fingerprint density at radius 2 is 1.94 bits per heavy atom. The van der Waals surface area contributed by atoms with Gasteiger partial charge in [0.25, 0.3) is 0 Å². The molecule has 1 aliphatic heterocycles. The summed E-state index contributed by atoms with van der Waals surface area (Å²) in [6.45, 7) is 4.05. The van der Waals surface area contributed by atoms with Gasteiger partial charge in [0.2, 0.25) is 0 Å². The molecule has 1 N–H and O–H groups in total. The summed E-state index contributed by atoms with van der Waals surface area (Å²) in [6, 6.07) is 4.89. The number of rotatable bonds is 4. The number of carboxylic acids is 1. The number of aromatic carboxylic acids is 1. The van der Waals surface area contributed by atoms with Crippen molar-refractivity contribution in [2.24, 2.45) is 0 Å². The number of ketones is 1. The van der Waals surface area contributed by atoms with Crippen molar-refractivity contribution in [2.75, 3.05) is 19.6 Å². The Hall–Kier alpha value is -1.68. The molecule has 0 atom stereocenters. The molecule has 0 unspecified atom stereocenters. The molecule has 4 heteroatoms. The third-order valence-corrected chi connectivity index (χ3v) is 3.36. The lowest BCUT2D eigenvalue weighted by molar-refractivity contribution is 0.0696. The Kier molecular flexibility index (Phi) is 3.77. The fourth-order valence-electron chi connectivity index (χ4n) is 2.26. The maximum Gasteiger partial charge on any atom is 0.335 e. The fraction of sp³-hybridized carbons (Fsp3) is 0.429. The number of carboxylic acid groups (broad SMARTS) is 1. The van der Waals surface area contributed by atoms with Gasteiger partial charge in [-0.2, -0.15) is 0 Å². The van der Waals surface area contributed by atoms with Crippen LogP contribution < -0.4 is 0 Å². The zero-order chi connectivity index (χ0) is 13.1. The molecule has 1 aromatic carbocycles. The third-order valence-electron chi connectivity index (χ3n) is 3.36. The number of carbonyl (C=O) groups excluding carboxylic acids is 1. The lowest BCUT2D eigenvalue weighted by Crippen LogP contribution is -2.27. The SMILES string of the molecule is Cc1ccc(C(=O)CN2CCCC2)cc1C(=O)O. The van der Waals surface area contributed by atoms with Crippen LogP contribution in [0.1, 0.15) is 39.1 Å². The van der Waals surface area contributed by atoms with Gasteiger partial charge in [-0.05, 0) is 44.5 Å². The van der Waals surface area contributed by atoms with Gasteiger partial charge in [0, 0.05) is 5.56 Å². The maximum atomic E-state index is 12.1. The van der Waals surface area contributed by atoms with Crippen molar-refractivity contribution >= 4 is 11.8 Å². The van der Waals surface area contributed by atoms with E-state index < -0.39 is 5.97 Å². The van der Waals surface area contributed by atoms with Crippen molar-refractivity contribution in [2.45, 2.75) is 19.8 Å². The molecular formula is C14H17NO3. The molecule has 0 aromatic heterocycles. The minimum atomic E-state index is -0.983. The van der Waals surface area contributed by atoms with Crippen LogP contribution in [0.25, 0.3) is 0 Å². The van der Waals surface area contributed by atoms with Crippen molar-refractivity contribution in [3.8, 4) is 0 Å². The topological polar surface area (TPSA) is 57.6 Å². The van der Waals surface area contributed by atoms with E-state index in [9.17, 15) is 9.59 Å². The number of hydrogen-bond acceptors (Lipinski definition) is 3.